The predicted molar refractivity (Wildman–Crippen MR) is 132 cm³/mol. The first kappa shape index (κ1) is 23.1. The van der Waals surface area contributed by atoms with E-state index in [1.165, 1.54) is 14.2 Å². The lowest BCUT2D eigenvalue weighted by Crippen LogP contribution is -2.19. The minimum absolute atomic E-state index is 0.0152. The van der Waals surface area contributed by atoms with Crippen LogP contribution in [0.2, 0.25) is 0 Å². The first-order chi connectivity index (χ1) is 16.4. The zero-order valence-electron chi connectivity index (χ0n) is 20.0. The second-order valence-corrected chi connectivity index (χ2v) is 8.35. The zero-order valence-corrected chi connectivity index (χ0v) is 20.0. The minimum atomic E-state index is -0.416. The second-order valence-electron chi connectivity index (χ2n) is 8.35. The van der Waals surface area contributed by atoms with Gasteiger partial charge in [0.25, 0.3) is 0 Å². The van der Waals surface area contributed by atoms with E-state index in [2.05, 4.69) is 0 Å². The third kappa shape index (κ3) is 3.92. The highest BCUT2D eigenvalue weighted by Crippen LogP contribution is 2.35. The summed E-state index contributed by atoms with van der Waals surface area (Å²) in [5, 5.41) is 0. The molecule has 0 N–H and O–H groups in total. The first-order valence-electron chi connectivity index (χ1n) is 11.1. The highest BCUT2D eigenvalue weighted by Gasteiger charge is 2.28. The molecule has 0 unspecified atom stereocenters. The van der Waals surface area contributed by atoms with Gasteiger partial charge in [-0.3, -0.25) is 9.35 Å². The Morgan fingerprint density at radius 3 is 1.62 bits per heavy atom. The molecule has 0 bridgehead atoms. The molecule has 0 aliphatic rings. The molecule has 2 heterocycles. The average Bonchev–Trinajstić information content (AvgIpc) is 3.42. The highest BCUT2D eigenvalue weighted by molar-refractivity contribution is 5.94. The van der Waals surface area contributed by atoms with Crippen LogP contribution in [-0.4, -0.2) is 35.5 Å². The van der Waals surface area contributed by atoms with Gasteiger partial charge in [0.05, 0.1) is 48.1 Å². The molecule has 0 aliphatic carbocycles. The van der Waals surface area contributed by atoms with Crippen LogP contribution in [-0.2, 0) is 9.47 Å². The number of aromatic nitrogens is 2. The van der Waals surface area contributed by atoms with E-state index in [4.69, 9.17) is 9.47 Å². The van der Waals surface area contributed by atoms with Crippen LogP contribution in [0.25, 0.3) is 22.5 Å². The van der Waals surface area contributed by atoms with E-state index >= 15 is 0 Å². The van der Waals surface area contributed by atoms with E-state index in [0.29, 0.717) is 16.8 Å². The summed E-state index contributed by atoms with van der Waals surface area (Å²) in [6.45, 7) is 5.96. The van der Waals surface area contributed by atoms with Crippen molar-refractivity contribution in [3.05, 3.63) is 95.3 Å². The van der Waals surface area contributed by atoms with Crippen molar-refractivity contribution in [3.63, 3.8) is 0 Å². The largest absolute Gasteiger partial charge is 0.465 e. The van der Waals surface area contributed by atoms with Gasteiger partial charge in [0.2, 0.25) is 0 Å². The maximum atomic E-state index is 12.8. The van der Waals surface area contributed by atoms with Crippen molar-refractivity contribution in [2.75, 3.05) is 14.2 Å². The van der Waals surface area contributed by atoms with Gasteiger partial charge in [-0.15, -0.1) is 0 Å². The Morgan fingerprint density at radius 1 is 0.706 bits per heavy atom. The maximum Gasteiger partial charge on any atom is 0.339 e. The molecule has 4 aromatic rings. The molecular weight excluding hydrogens is 428 g/mol. The van der Waals surface area contributed by atoms with Crippen LogP contribution >= 0.6 is 0 Å². The number of ether oxygens (including phenoxy) is 2. The molecule has 6 nitrogen and oxygen atoms in total. The molecule has 6 heteroatoms. The number of methoxy groups -OCH3 is 2. The summed E-state index contributed by atoms with van der Waals surface area (Å²) < 4.78 is 14.2. The quantitative estimate of drug-likeness (QED) is 0.337. The van der Waals surface area contributed by atoms with Crippen molar-refractivity contribution in [2.24, 2.45) is 0 Å². The highest BCUT2D eigenvalue weighted by atomic mass is 16.5. The number of esters is 2. The summed E-state index contributed by atoms with van der Waals surface area (Å²) in [5.74, 6) is -0.835. The smallest absolute Gasteiger partial charge is 0.339 e. The molecule has 34 heavy (non-hydrogen) atoms. The first-order valence-corrected chi connectivity index (χ1v) is 11.1. The molecule has 0 saturated carbocycles. The number of hydrogen-bond donors (Lipinski definition) is 0. The van der Waals surface area contributed by atoms with Gasteiger partial charge in [-0.1, -0.05) is 74.5 Å². The molecule has 0 aliphatic heterocycles. The topological polar surface area (TPSA) is 62.5 Å². The number of carbonyl (C=O) groups is 2. The van der Waals surface area contributed by atoms with Crippen LogP contribution < -0.4 is 0 Å². The molecule has 0 fully saturated rings. The second kappa shape index (κ2) is 9.43. The molecule has 2 aromatic heterocycles. The Morgan fingerprint density at radius 2 is 1.15 bits per heavy atom. The van der Waals surface area contributed by atoms with Gasteiger partial charge >= 0.3 is 11.9 Å². The molecule has 0 atom stereocenters. The number of carbonyl (C=O) groups excluding carboxylic acids is 2. The normalized spacial score (nSPS) is 11.0. The molecule has 0 spiro atoms. The van der Waals surface area contributed by atoms with E-state index < -0.39 is 11.9 Å². The SMILES string of the molecule is COC(=O)c1cc(-c2ccccc2)n(-n2c(-c3ccccc3)cc(C(=O)OC)c2C(C)C)c1C. The number of hydrogen-bond acceptors (Lipinski definition) is 4. The van der Waals surface area contributed by atoms with Crippen molar-refractivity contribution in [1.82, 2.24) is 9.35 Å². The fourth-order valence-corrected chi connectivity index (χ4v) is 4.36. The summed E-state index contributed by atoms with van der Waals surface area (Å²) in [5.41, 5.74) is 5.94. The molecule has 4 rings (SSSR count). The number of benzene rings is 2. The van der Waals surface area contributed by atoms with E-state index in [0.717, 1.165) is 28.2 Å². The van der Waals surface area contributed by atoms with Gasteiger partial charge in [-0.05, 0) is 25.0 Å². The molecule has 0 amide bonds. The van der Waals surface area contributed by atoms with Gasteiger partial charge < -0.3 is 9.47 Å². The Bertz CT molecular complexity index is 1330. The van der Waals surface area contributed by atoms with Crippen LogP contribution in [0.1, 0.15) is 51.9 Å². The van der Waals surface area contributed by atoms with Gasteiger partial charge in [0.1, 0.15) is 0 Å². The molecule has 0 radical (unpaired) electrons. The van der Waals surface area contributed by atoms with Gasteiger partial charge in [0, 0.05) is 11.1 Å². The van der Waals surface area contributed by atoms with E-state index in [1.807, 2.05) is 103 Å². The Hall–Kier alpha value is -4.06. The van der Waals surface area contributed by atoms with E-state index in [1.54, 1.807) is 0 Å². The summed E-state index contributed by atoms with van der Waals surface area (Å²) in [6, 6.07) is 23.4. The lowest BCUT2D eigenvalue weighted by Gasteiger charge is -2.22. The van der Waals surface area contributed by atoms with Gasteiger partial charge in [-0.2, -0.15) is 0 Å². The number of rotatable bonds is 6. The van der Waals surface area contributed by atoms with Crippen LogP contribution in [0.5, 0.6) is 0 Å². The van der Waals surface area contributed by atoms with Crippen LogP contribution in [0.4, 0.5) is 0 Å². The van der Waals surface area contributed by atoms with E-state index in [-0.39, 0.29) is 5.92 Å². The summed E-state index contributed by atoms with van der Waals surface area (Å²) in [6.07, 6.45) is 0. The Labute approximate surface area is 199 Å². The summed E-state index contributed by atoms with van der Waals surface area (Å²) in [4.78, 5) is 25.5. The third-order valence-electron chi connectivity index (χ3n) is 5.93. The molecular formula is C28H28N2O4. The van der Waals surface area contributed by atoms with Crippen molar-refractivity contribution in [1.29, 1.82) is 0 Å². The van der Waals surface area contributed by atoms with Gasteiger partial charge in [-0.25, -0.2) is 9.59 Å². The number of nitrogens with zero attached hydrogens (tertiary/aromatic N) is 2. The monoisotopic (exact) mass is 456 g/mol. The van der Waals surface area contributed by atoms with Crippen LogP contribution in [0, 0.1) is 6.92 Å². The fraction of sp³-hybridized carbons (Fsp3) is 0.214. The third-order valence-corrected chi connectivity index (χ3v) is 5.93. The van der Waals surface area contributed by atoms with Crippen LogP contribution in [0.15, 0.2) is 72.8 Å². The van der Waals surface area contributed by atoms with Crippen molar-refractivity contribution >= 4 is 11.9 Å². The zero-order chi connectivity index (χ0) is 24.4. The fourth-order valence-electron chi connectivity index (χ4n) is 4.36. The summed E-state index contributed by atoms with van der Waals surface area (Å²) in [7, 11) is 2.76. The van der Waals surface area contributed by atoms with Gasteiger partial charge in [0.15, 0.2) is 0 Å². The summed E-state index contributed by atoms with van der Waals surface area (Å²) >= 11 is 0. The van der Waals surface area contributed by atoms with Crippen molar-refractivity contribution in [2.45, 2.75) is 26.7 Å². The standard InChI is InChI=1S/C28H28N2O4/c1-18(2)26-23(28(32)34-5)17-25(21-14-10-7-11-15-21)30(26)29-19(3)22(27(31)33-4)16-24(29)20-12-8-6-9-13-20/h6-18H,1-5H3. The van der Waals surface area contributed by atoms with E-state index in [9.17, 15) is 9.59 Å². The maximum absolute atomic E-state index is 12.8. The average molecular weight is 457 g/mol. The predicted octanol–water partition coefficient (Wildman–Crippen LogP) is 5.94. The van der Waals surface area contributed by atoms with Crippen molar-refractivity contribution < 1.29 is 19.1 Å². The lowest BCUT2D eigenvalue weighted by atomic mass is 10.1. The Kier molecular flexibility index (Phi) is 6.41. The lowest BCUT2D eigenvalue weighted by molar-refractivity contribution is 0.0589. The molecule has 174 valence electrons. The molecule has 0 saturated heterocycles. The van der Waals surface area contributed by atoms with Crippen molar-refractivity contribution in [3.8, 4) is 22.5 Å². The van der Waals surface area contributed by atoms with Crippen LogP contribution in [0.3, 0.4) is 0 Å². The minimum Gasteiger partial charge on any atom is -0.465 e. The molecule has 2 aromatic carbocycles. The Balaban J connectivity index is 2.16.